The topological polar surface area (TPSA) is 44.4 Å². The molecule has 0 aromatic heterocycles. The minimum absolute atomic E-state index is 0.00757. The Labute approximate surface area is 123 Å². The first kappa shape index (κ1) is 15.8. The molecule has 0 spiro atoms. The van der Waals surface area contributed by atoms with Crippen LogP contribution >= 0.6 is 0 Å². The van der Waals surface area contributed by atoms with Gasteiger partial charge in [0.2, 0.25) is 5.91 Å². The Morgan fingerprint density at radius 3 is 2.60 bits per heavy atom. The highest BCUT2D eigenvalue weighted by Crippen LogP contribution is 2.18. The number of amides is 1. The molecule has 4 nitrogen and oxygen atoms in total. The fourth-order valence-corrected chi connectivity index (χ4v) is 3.68. The summed E-state index contributed by atoms with van der Waals surface area (Å²) in [5.74, 6) is 0.226. The summed E-state index contributed by atoms with van der Waals surface area (Å²) >= 11 is 0. The van der Waals surface area contributed by atoms with E-state index in [-0.39, 0.29) is 11.9 Å². The fraction of sp³-hybridized carbons (Fsp3) is 0.938. The molecule has 2 aliphatic rings. The predicted octanol–water partition coefficient (Wildman–Crippen LogP) is 1.90. The third-order valence-corrected chi connectivity index (χ3v) is 4.93. The van der Waals surface area contributed by atoms with Gasteiger partial charge in [-0.25, -0.2) is 0 Å². The normalized spacial score (nSPS) is 26.4. The van der Waals surface area contributed by atoms with Gasteiger partial charge in [0, 0.05) is 18.6 Å². The molecule has 1 heterocycles. The van der Waals surface area contributed by atoms with Crippen molar-refractivity contribution in [2.24, 2.45) is 0 Å². The van der Waals surface area contributed by atoms with Crippen LogP contribution in [0.1, 0.15) is 58.8 Å². The molecule has 2 N–H and O–H groups in total. The van der Waals surface area contributed by atoms with E-state index in [2.05, 4.69) is 29.4 Å². The van der Waals surface area contributed by atoms with Gasteiger partial charge in [0.1, 0.15) is 0 Å². The van der Waals surface area contributed by atoms with Crippen LogP contribution in [0, 0.1) is 0 Å². The maximum atomic E-state index is 12.5. The van der Waals surface area contributed by atoms with E-state index in [4.69, 9.17) is 0 Å². The maximum absolute atomic E-state index is 12.5. The van der Waals surface area contributed by atoms with Crippen LogP contribution in [-0.4, -0.2) is 48.6 Å². The quantitative estimate of drug-likeness (QED) is 0.809. The second-order valence-corrected chi connectivity index (χ2v) is 6.35. The monoisotopic (exact) mass is 281 g/mol. The fourth-order valence-electron chi connectivity index (χ4n) is 3.68. The lowest BCUT2D eigenvalue weighted by atomic mass is 9.95. The molecule has 1 amide bonds. The number of rotatable bonds is 5. The van der Waals surface area contributed by atoms with Crippen molar-refractivity contribution < 1.29 is 4.79 Å². The maximum Gasteiger partial charge on any atom is 0.237 e. The number of hydrogen-bond acceptors (Lipinski definition) is 3. The summed E-state index contributed by atoms with van der Waals surface area (Å²) in [4.78, 5) is 14.8. The van der Waals surface area contributed by atoms with Crippen LogP contribution in [0.3, 0.4) is 0 Å². The molecule has 0 bridgehead atoms. The molecule has 1 saturated heterocycles. The van der Waals surface area contributed by atoms with Gasteiger partial charge in [0.15, 0.2) is 0 Å². The van der Waals surface area contributed by atoms with Gasteiger partial charge in [0.25, 0.3) is 0 Å². The van der Waals surface area contributed by atoms with Crippen molar-refractivity contribution in [3.05, 3.63) is 0 Å². The Balaban J connectivity index is 1.85. The number of nitrogens with one attached hydrogen (secondary N) is 2. The van der Waals surface area contributed by atoms with Crippen molar-refractivity contribution in [3.63, 3.8) is 0 Å². The van der Waals surface area contributed by atoms with E-state index in [1.54, 1.807) is 0 Å². The zero-order chi connectivity index (χ0) is 14.4. The standard InChI is InChI=1S/C16H31N3O/c1-3-19(15-10-7-11-17-12-15)13(2)16(20)18-14-8-5-4-6-9-14/h13-15,17H,3-12H2,1-2H3,(H,18,20). The van der Waals surface area contributed by atoms with Gasteiger partial charge in [-0.15, -0.1) is 0 Å². The highest BCUT2D eigenvalue weighted by atomic mass is 16.2. The smallest absolute Gasteiger partial charge is 0.237 e. The molecule has 1 saturated carbocycles. The molecule has 2 atom stereocenters. The molecule has 4 heteroatoms. The SMILES string of the molecule is CCN(C1CCCNC1)C(C)C(=O)NC1CCCCC1. The van der Waals surface area contributed by atoms with Crippen LogP contribution in [0.25, 0.3) is 0 Å². The van der Waals surface area contributed by atoms with Crippen molar-refractivity contribution in [2.45, 2.75) is 76.9 Å². The van der Waals surface area contributed by atoms with Crippen LogP contribution in [0.5, 0.6) is 0 Å². The summed E-state index contributed by atoms with van der Waals surface area (Å²) in [6.07, 6.45) is 8.62. The van der Waals surface area contributed by atoms with E-state index in [1.165, 1.54) is 32.1 Å². The second-order valence-electron chi connectivity index (χ2n) is 6.35. The van der Waals surface area contributed by atoms with Crippen molar-refractivity contribution in [1.82, 2.24) is 15.5 Å². The van der Waals surface area contributed by atoms with Gasteiger partial charge < -0.3 is 10.6 Å². The van der Waals surface area contributed by atoms with Crippen molar-refractivity contribution in [2.75, 3.05) is 19.6 Å². The van der Waals surface area contributed by atoms with E-state index in [0.717, 1.165) is 32.5 Å². The number of carbonyl (C=O) groups excluding carboxylic acids is 1. The highest BCUT2D eigenvalue weighted by Gasteiger charge is 2.29. The summed E-state index contributed by atoms with van der Waals surface area (Å²) < 4.78 is 0. The lowest BCUT2D eigenvalue weighted by Crippen LogP contribution is -2.55. The molecule has 116 valence electrons. The van der Waals surface area contributed by atoms with Crippen LogP contribution in [0.2, 0.25) is 0 Å². The number of likely N-dealkylation sites (N-methyl/N-ethyl adjacent to an activating group) is 1. The molecule has 0 aromatic carbocycles. The molecule has 2 rings (SSSR count). The third kappa shape index (κ3) is 4.19. The van der Waals surface area contributed by atoms with Crippen molar-refractivity contribution >= 4 is 5.91 Å². The number of nitrogens with zero attached hydrogens (tertiary/aromatic N) is 1. The minimum atomic E-state index is -0.00757. The summed E-state index contributed by atoms with van der Waals surface area (Å²) in [6.45, 7) is 7.33. The van der Waals surface area contributed by atoms with Crippen LogP contribution in [-0.2, 0) is 4.79 Å². The molecule has 20 heavy (non-hydrogen) atoms. The van der Waals surface area contributed by atoms with E-state index in [0.29, 0.717) is 12.1 Å². The zero-order valence-electron chi connectivity index (χ0n) is 13.2. The Hall–Kier alpha value is -0.610. The van der Waals surface area contributed by atoms with Gasteiger partial charge in [-0.3, -0.25) is 9.69 Å². The number of carbonyl (C=O) groups is 1. The van der Waals surface area contributed by atoms with Gasteiger partial charge in [-0.1, -0.05) is 26.2 Å². The number of piperidine rings is 1. The number of hydrogen-bond donors (Lipinski definition) is 2. The summed E-state index contributed by atoms with van der Waals surface area (Å²) in [5.41, 5.74) is 0. The van der Waals surface area contributed by atoms with Crippen molar-refractivity contribution in [1.29, 1.82) is 0 Å². The second kappa shape index (κ2) is 7.99. The first-order chi connectivity index (χ1) is 9.72. The first-order valence-electron chi connectivity index (χ1n) is 8.49. The van der Waals surface area contributed by atoms with Crippen LogP contribution in [0.15, 0.2) is 0 Å². The molecule has 2 fully saturated rings. The van der Waals surface area contributed by atoms with Crippen LogP contribution in [0.4, 0.5) is 0 Å². The summed E-state index contributed by atoms with van der Waals surface area (Å²) in [6, 6.07) is 0.926. The summed E-state index contributed by atoms with van der Waals surface area (Å²) in [7, 11) is 0. The Bertz CT molecular complexity index is 296. The lowest BCUT2D eigenvalue weighted by Gasteiger charge is -2.38. The van der Waals surface area contributed by atoms with E-state index < -0.39 is 0 Å². The lowest BCUT2D eigenvalue weighted by molar-refractivity contribution is -0.127. The first-order valence-corrected chi connectivity index (χ1v) is 8.49. The summed E-state index contributed by atoms with van der Waals surface area (Å²) in [5, 5.41) is 6.72. The van der Waals surface area contributed by atoms with E-state index >= 15 is 0 Å². The largest absolute Gasteiger partial charge is 0.352 e. The minimum Gasteiger partial charge on any atom is -0.352 e. The zero-order valence-corrected chi connectivity index (χ0v) is 13.2. The van der Waals surface area contributed by atoms with E-state index in [1.807, 2.05) is 0 Å². The highest BCUT2D eigenvalue weighted by molar-refractivity contribution is 5.81. The van der Waals surface area contributed by atoms with Gasteiger partial charge >= 0.3 is 0 Å². The Kier molecular flexibility index (Phi) is 6.30. The predicted molar refractivity (Wildman–Crippen MR) is 82.7 cm³/mol. The molecular formula is C16H31N3O. The van der Waals surface area contributed by atoms with Gasteiger partial charge in [-0.05, 0) is 45.7 Å². The van der Waals surface area contributed by atoms with Gasteiger partial charge in [0.05, 0.1) is 6.04 Å². The van der Waals surface area contributed by atoms with Crippen LogP contribution < -0.4 is 10.6 Å². The van der Waals surface area contributed by atoms with Gasteiger partial charge in [-0.2, -0.15) is 0 Å². The molecule has 2 unspecified atom stereocenters. The molecule has 1 aliphatic carbocycles. The third-order valence-electron chi connectivity index (χ3n) is 4.93. The molecule has 1 aliphatic heterocycles. The van der Waals surface area contributed by atoms with Crippen molar-refractivity contribution in [3.8, 4) is 0 Å². The van der Waals surface area contributed by atoms with E-state index in [9.17, 15) is 4.79 Å². The average molecular weight is 281 g/mol. The molecule has 0 aromatic rings. The molecular weight excluding hydrogens is 250 g/mol. The molecule has 0 radical (unpaired) electrons. The average Bonchev–Trinajstić information content (AvgIpc) is 2.50. The Morgan fingerprint density at radius 2 is 2.00 bits per heavy atom. The Morgan fingerprint density at radius 1 is 1.25 bits per heavy atom.